The summed E-state index contributed by atoms with van der Waals surface area (Å²) < 4.78 is 11.7. The van der Waals surface area contributed by atoms with E-state index in [1.807, 2.05) is 0 Å². The van der Waals surface area contributed by atoms with Gasteiger partial charge >= 0.3 is 0 Å². The highest BCUT2D eigenvalue weighted by Gasteiger charge is 2.40. The van der Waals surface area contributed by atoms with Crippen LogP contribution in [0.1, 0.15) is 58.3 Å². The highest BCUT2D eigenvalue weighted by molar-refractivity contribution is 4.94. The van der Waals surface area contributed by atoms with Crippen LogP contribution in [0.3, 0.4) is 0 Å². The quantitative estimate of drug-likeness (QED) is 0.769. The van der Waals surface area contributed by atoms with Crippen LogP contribution in [0.4, 0.5) is 0 Å². The van der Waals surface area contributed by atoms with E-state index in [4.69, 9.17) is 9.47 Å². The van der Waals surface area contributed by atoms with Crippen molar-refractivity contribution in [3.8, 4) is 0 Å². The van der Waals surface area contributed by atoms with Gasteiger partial charge in [0.2, 0.25) is 0 Å². The van der Waals surface area contributed by atoms with Gasteiger partial charge in [0.15, 0.2) is 0 Å². The number of nitrogens with one attached hydrogen (secondary N) is 1. The van der Waals surface area contributed by atoms with Gasteiger partial charge in [-0.05, 0) is 44.4 Å². The zero-order chi connectivity index (χ0) is 13.1. The Bertz CT molecular complexity index is 278. The molecule has 1 aliphatic heterocycles. The molecule has 0 atom stereocenters. The van der Waals surface area contributed by atoms with Crippen molar-refractivity contribution in [2.45, 2.75) is 76.0 Å². The Labute approximate surface area is 117 Å². The standard InChI is InChI=1S/C16H29NO2/c1-2-3-13-6-8-16(9-7-13,12-17-14-4-5-14)19-15-10-18-11-15/h13-15,17H,2-12H2,1H3. The second-order valence-electron chi connectivity index (χ2n) is 6.85. The maximum absolute atomic E-state index is 6.43. The fraction of sp³-hybridized carbons (Fsp3) is 1.00. The Kier molecular flexibility index (Phi) is 4.45. The maximum Gasteiger partial charge on any atom is 0.105 e. The van der Waals surface area contributed by atoms with Crippen molar-refractivity contribution in [3.05, 3.63) is 0 Å². The van der Waals surface area contributed by atoms with E-state index in [9.17, 15) is 0 Å². The van der Waals surface area contributed by atoms with Gasteiger partial charge in [-0.2, -0.15) is 0 Å². The van der Waals surface area contributed by atoms with Gasteiger partial charge in [-0.15, -0.1) is 0 Å². The topological polar surface area (TPSA) is 30.5 Å². The van der Waals surface area contributed by atoms with E-state index in [1.165, 1.54) is 51.4 Å². The average Bonchev–Trinajstić information content (AvgIpc) is 3.19. The van der Waals surface area contributed by atoms with Crippen LogP contribution in [0.15, 0.2) is 0 Å². The second-order valence-corrected chi connectivity index (χ2v) is 6.85. The molecule has 2 saturated carbocycles. The zero-order valence-corrected chi connectivity index (χ0v) is 12.3. The predicted molar refractivity (Wildman–Crippen MR) is 76.3 cm³/mol. The maximum atomic E-state index is 6.43. The molecule has 0 aromatic rings. The molecule has 110 valence electrons. The van der Waals surface area contributed by atoms with Crippen LogP contribution in [0, 0.1) is 5.92 Å². The Balaban J connectivity index is 1.52. The van der Waals surface area contributed by atoms with Crippen LogP contribution in [0.2, 0.25) is 0 Å². The molecule has 1 N–H and O–H groups in total. The Morgan fingerprint density at radius 3 is 2.42 bits per heavy atom. The van der Waals surface area contributed by atoms with Gasteiger partial charge in [-0.1, -0.05) is 19.8 Å². The van der Waals surface area contributed by atoms with Crippen molar-refractivity contribution in [3.63, 3.8) is 0 Å². The first-order chi connectivity index (χ1) is 9.30. The van der Waals surface area contributed by atoms with E-state index in [2.05, 4.69) is 12.2 Å². The molecular weight excluding hydrogens is 238 g/mol. The minimum atomic E-state index is 0.112. The minimum Gasteiger partial charge on any atom is -0.376 e. The summed E-state index contributed by atoms with van der Waals surface area (Å²) in [7, 11) is 0. The lowest BCUT2D eigenvalue weighted by molar-refractivity contribution is -0.202. The van der Waals surface area contributed by atoms with Gasteiger partial charge in [0, 0.05) is 12.6 Å². The second kappa shape index (κ2) is 6.11. The normalized spacial score (nSPS) is 36.2. The zero-order valence-electron chi connectivity index (χ0n) is 12.3. The van der Waals surface area contributed by atoms with Crippen LogP contribution < -0.4 is 5.32 Å². The van der Waals surface area contributed by atoms with Gasteiger partial charge in [-0.3, -0.25) is 0 Å². The fourth-order valence-corrected chi connectivity index (χ4v) is 3.49. The molecule has 0 bridgehead atoms. The van der Waals surface area contributed by atoms with Crippen LogP contribution in [-0.4, -0.2) is 37.5 Å². The summed E-state index contributed by atoms with van der Waals surface area (Å²) in [5, 5.41) is 3.70. The lowest BCUT2D eigenvalue weighted by Gasteiger charge is -2.44. The first kappa shape index (κ1) is 13.8. The molecule has 3 nitrogen and oxygen atoms in total. The van der Waals surface area contributed by atoms with Crippen molar-refractivity contribution in [2.75, 3.05) is 19.8 Å². The van der Waals surface area contributed by atoms with E-state index in [0.717, 1.165) is 31.7 Å². The van der Waals surface area contributed by atoms with Crippen molar-refractivity contribution in [2.24, 2.45) is 5.92 Å². The van der Waals surface area contributed by atoms with Crippen LogP contribution in [0.25, 0.3) is 0 Å². The molecule has 0 aromatic carbocycles. The molecule has 2 aliphatic carbocycles. The number of rotatable bonds is 7. The third kappa shape index (κ3) is 3.71. The number of hydrogen-bond acceptors (Lipinski definition) is 3. The summed E-state index contributed by atoms with van der Waals surface area (Å²) in [4.78, 5) is 0. The van der Waals surface area contributed by atoms with Crippen molar-refractivity contribution < 1.29 is 9.47 Å². The molecule has 0 aromatic heterocycles. The summed E-state index contributed by atoms with van der Waals surface area (Å²) in [5.41, 5.74) is 0.112. The summed E-state index contributed by atoms with van der Waals surface area (Å²) in [6.07, 6.45) is 11.0. The van der Waals surface area contributed by atoms with E-state index >= 15 is 0 Å². The average molecular weight is 267 g/mol. The highest BCUT2D eigenvalue weighted by Crippen LogP contribution is 2.38. The van der Waals surface area contributed by atoms with Crippen LogP contribution >= 0.6 is 0 Å². The van der Waals surface area contributed by atoms with Crippen molar-refractivity contribution in [1.82, 2.24) is 5.32 Å². The molecule has 3 fully saturated rings. The first-order valence-electron chi connectivity index (χ1n) is 8.28. The molecule has 3 aliphatic rings. The molecule has 0 radical (unpaired) electrons. The third-order valence-corrected chi connectivity index (χ3v) is 5.03. The molecule has 19 heavy (non-hydrogen) atoms. The SMILES string of the molecule is CCCC1CCC(CNC2CC2)(OC2COC2)CC1. The van der Waals surface area contributed by atoms with Crippen molar-refractivity contribution in [1.29, 1.82) is 0 Å². The lowest BCUT2D eigenvalue weighted by atomic mass is 9.76. The molecule has 0 unspecified atom stereocenters. The van der Waals surface area contributed by atoms with Crippen molar-refractivity contribution >= 4 is 0 Å². The molecule has 1 saturated heterocycles. The predicted octanol–water partition coefficient (Wildman–Crippen LogP) is 2.88. The third-order valence-electron chi connectivity index (χ3n) is 5.03. The Hall–Kier alpha value is -0.120. The Morgan fingerprint density at radius 1 is 1.16 bits per heavy atom. The van der Waals surface area contributed by atoms with Crippen LogP contribution in [-0.2, 0) is 9.47 Å². The van der Waals surface area contributed by atoms with Gasteiger partial charge in [-0.25, -0.2) is 0 Å². The summed E-state index contributed by atoms with van der Waals surface area (Å²) in [5.74, 6) is 0.945. The van der Waals surface area contributed by atoms with Gasteiger partial charge in [0.25, 0.3) is 0 Å². The smallest absolute Gasteiger partial charge is 0.105 e. The fourth-order valence-electron chi connectivity index (χ4n) is 3.49. The van der Waals surface area contributed by atoms with Gasteiger partial charge in [0.1, 0.15) is 6.10 Å². The summed E-state index contributed by atoms with van der Waals surface area (Å²) in [6.45, 7) is 4.98. The highest BCUT2D eigenvalue weighted by atomic mass is 16.6. The monoisotopic (exact) mass is 267 g/mol. The van der Waals surface area contributed by atoms with Gasteiger partial charge < -0.3 is 14.8 Å². The molecule has 1 heterocycles. The Morgan fingerprint density at radius 2 is 1.89 bits per heavy atom. The van der Waals surface area contributed by atoms with Crippen LogP contribution in [0.5, 0.6) is 0 Å². The van der Waals surface area contributed by atoms with E-state index in [0.29, 0.717) is 6.10 Å². The molecule has 3 rings (SSSR count). The van der Waals surface area contributed by atoms with Gasteiger partial charge in [0.05, 0.1) is 18.8 Å². The molecule has 0 spiro atoms. The number of ether oxygens (including phenoxy) is 2. The van der Waals surface area contributed by atoms with E-state index < -0.39 is 0 Å². The number of hydrogen-bond donors (Lipinski definition) is 1. The first-order valence-corrected chi connectivity index (χ1v) is 8.28. The molecule has 3 heteroatoms. The van der Waals surface area contributed by atoms with E-state index in [1.54, 1.807) is 0 Å². The summed E-state index contributed by atoms with van der Waals surface area (Å²) in [6, 6.07) is 0.784. The lowest BCUT2D eigenvalue weighted by Crippen LogP contribution is -2.52. The minimum absolute atomic E-state index is 0.112. The van der Waals surface area contributed by atoms with E-state index in [-0.39, 0.29) is 5.60 Å². The largest absolute Gasteiger partial charge is 0.376 e. The molecule has 0 amide bonds. The summed E-state index contributed by atoms with van der Waals surface area (Å²) >= 11 is 0. The molecular formula is C16H29NO2.